The van der Waals surface area contributed by atoms with E-state index in [4.69, 9.17) is 10.5 Å². The van der Waals surface area contributed by atoms with Crippen LogP contribution in [0.3, 0.4) is 0 Å². The van der Waals surface area contributed by atoms with Crippen LogP contribution in [0.1, 0.15) is 0 Å². The predicted octanol–water partition coefficient (Wildman–Crippen LogP) is 1.65. The number of rotatable bonds is 5. The first-order valence-corrected chi connectivity index (χ1v) is 6.27. The zero-order chi connectivity index (χ0) is 15.4. The molecule has 0 aliphatic carbocycles. The van der Waals surface area contributed by atoms with E-state index < -0.39 is 4.92 Å². The Kier molecular flexibility index (Phi) is 4.34. The molecule has 21 heavy (non-hydrogen) atoms. The number of hydrogen-bond acceptors (Lipinski definition) is 5. The molecule has 0 spiro atoms. The van der Waals surface area contributed by atoms with Crippen LogP contribution in [-0.4, -0.2) is 23.2 Å². The maximum absolute atomic E-state index is 12.1. The van der Waals surface area contributed by atoms with E-state index in [0.717, 1.165) is 0 Å². The summed E-state index contributed by atoms with van der Waals surface area (Å²) in [5, 5.41) is 10.7. The SMILES string of the molecule is COCCn1c(-c2ccc([N+](=O)[O-])cc2)ccc(N)c1=O. The number of pyridine rings is 1. The minimum atomic E-state index is -0.467. The van der Waals surface area contributed by atoms with Crippen molar-refractivity contribution in [2.24, 2.45) is 0 Å². The van der Waals surface area contributed by atoms with Crippen molar-refractivity contribution in [2.45, 2.75) is 6.54 Å². The largest absolute Gasteiger partial charge is 0.394 e. The lowest BCUT2D eigenvalue weighted by Crippen LogP contribution is -2.25. The Hall–Kier alpha value is -2.67. The van der Waals surface area contributed by atoms with Gasteiger partial charge in [0, 0.05) is 25.8 Å². The lowest BCUT2D eigenvalue weighted by molar-refractivity contribution is -0.384. The number of hydrogen-bond donors (Lipinski definition) is 1. The van der Waals surface area contributed by atoms with Gasteiger partial charge in [-0.2, -0.15) is 0 Å². The topological polar surface area (TPSA) is 100 Å². The van der Waals surface area contributed by atoms with E-state index in [1.54, 1.807) is 25.3 Å². The molecule has 7 nitrogen and oxygen atoms in total. The first-order valence-electron chi connectivity index (χ1n) is 6.27. The van der Waals surface area contributed by atoms with Gasteiger partial charge in [-0.3, -0.25) is 14.9 Å². The van der Waals surface area contributed by atoms with Crippen LogP contribution in [0.25, 0.3) is 11.3 Å². The normalized spacial score (nSPS) is 10.5. The van der Waals surface area contributed by atoms with Gasteiger partial charge in [0.2, 0.25) is 0 Å². The Balaban J connectivity index is 2.49. The van der Waals surface area contributed by atoms with Gasteiger partial charge >= 0.3 is 0 Å². The van der Waals surface area contributed by atoms with Crippen LogP contribution in [0.4, 0.5) is 11.4 Å². The van der Waals surface area contributed by atoms with Crippen molar-refractivity contribution >= 4 is 11.4 Å². The van der Waals surface area contributed by atoms with E-state index in [0.29, 0.717) is 24.4 Å². The van der Waals surface area contributed by atoms with E-state index in [1.165, 1.54) is 22.8 Å². The number of ether oxygens (including phenoxy) is 1. The van der Waals surface area contributed by atoms with Gasteiger partial charge < -0.3 is 15.0 Å². The predicted molar refractivity (Wildman–Crippen MR) is 79.1 cm³/mol. The van der Waals surface area contributed by atoms with Crippen molar-refractivity contribution in [3.63, 3.8) is 0 Å². The molecular weight excluding hydrogens is 274 g/mol. The molecule has 1 heterocycles. The summed E-state index contributed by atoms with van der Waals surface area (Å²) >= 11 is 0. The summed E-state index contributed by atoms with van der Waals surface area (Å²) in [6, 6.07) is 9.25. The van der Waals surface area contributed by atoms with Gasteiger partial charge in [0.05, 0.1) is 22.9 Å². The molecule has 0 aliphatic rings. The molecule has 110 valence electrons. The molecule has 0 radical (unpaired) electrons. The number of nitro groups is 1. The molecule has 7 heteroatoms. The van der Waals surface area contributed by atoms with Gasteiger partial charge in [0.1, 0.15) is 0 Å². The van der Waals surface area contributed by atoms with Crippen molar-refractivity contribution in [3.8, 4) is 11.3 Å². The molecule has 2 N–H and O–H groups in total. The van der Waals surface area contributed by atoms with Crippen LogP contribution in [0.15, 0.2) is 41.2 Å². The van der Waals surface area contributed by atoms with Crippen LogP contribution in [0.5, 0.6) is 0 Å². The summed E-state index contributed by atoms with van der Waals surface area (Å²) in [6.07, 6.45) is 0. The zero-order valence-electron chi connectivity index (χ0n) is 11.5. The van der Waals surface area contributed by atoms with Crippen LogP contribution in [0.2, 0.25) is 0 Å². The lowest BCUT2D eigenvalue weighted by Gasteiger charge is -2.13. The third kappa shape index (κ3) is 3.09. The summed E-state index contributed by atoms with van der Waals surface area (Å²) in [6.45, 7) is 0.718. The molecular formula is C14H15N3O4. The average molecular weight is 289 g/mol. The van der Waals surface area contributed by atoms with Gasteiger partial charge in [-0.25, -0.2) is 0 Å². The second-order valence-electron chi connectivity index (χ2n) is 4.43. The Morgan fingerprint density at radius 1 is 1.24 bits per heavy atom. The van der Waals surface area contributed by atoms with E-state index in [2.05, 4.69) is 0 Å². The Labute approximate surface area is 120 Å². The fraction of sp³-hybridized carbons (Fsp3) is 0.214. The Morgan fingerprint density at radius 2 is 1.90 bits per heavy atom. The number of nitrogens with two attached hydrogens (primary N) is 1. The summed E-state index contributed by atoms with van der Waals surface area (Å²) in [5.41, 5.74) is 6.83. The maximum atomic E-state index is 12.1. The minimum absolute atomic E-state index is 0.0000153. The van der Waals surface area contributed by atoms with Gasteiger partial charge in [0.15, 0.2) is 0 Å². The number of methoxy groups -OCH3 is 1. The molecule has 0 unspecified atom stereocenters. The van der Waals surface area contributed by atoms with E-state index in [1.807, 2.05) is 0 Å². The molecule has 0 bridgehead atoms. The summed E-state index contributed by atoms with van der Waals surface area (Å²) in [4.78, 5) is 22.3. The molecule has 0 aliphatic heterocycles. The smallest absolute Gasteiger partial charge is 0.274 e. The molecule has 2 aromatic rings. The van der Waals surface area contributed by atoms with Crippen molar-refractivity contribution < 1.29 is 9.66 Å². The van der Waals surface area contributed by atoms with Crippen molar-refractivity contribution in [1.82, 2.24) is 4.57 Å². The van der Waals surface area contributed by atoms with Crippen molar-refractivity contribution in [3.05, 3.63) is 56.9 Å². The first-order chi connectivity index (χ1) is 10.0. The lowest BCUT2D eigenvalue weighted by atomic mass is 10.1. The highest BCUT2D eigenvalue weighted by molar-refractivity contribution is 5.63. The maximum Gasteiger partial charge on any atom is 0.274 e. The molecule has 0 amide bonds. The van der Waals surface area contributed by atoms with Gasteiger partial charge in [-0.15, -0.1) is 0 Å². The molecule has 0 fully saturated rings. The highest BCUT2D eigenvalue weighted by Gasteiger charge is 2.11. The monoisotopic (exact) mass is 289 g/mol. The fourth-order valence-electron chi connectivity index (χ4n) is 2.01. The van der Waals surface area contributed by atoms with Crippen molar-refractivity contribution in [2.75, 3.05) is 19.5 Å². The Morgan fingerprint density at radius 3 is 2.48 bits per heavy atom. The second kappa shape index (κ2) is 6.19. The van der Waals surface area contributed by atoms with Gasteiger partial charge in [-0.1, -0.05) is 0 Å². The minimum Gasteiger partial charge on any atom is -0.394 e. The number of aromatic nitrogens is 1. The number of anilines is 1. The van der Waals surface area contributed by atoms with E-state index in [-0.39, 0.29) is 16.9 Å². The van der Waals surface area contributed by atoms with E-state index >= 15 is 0 Å². The highest BCUT2D eigenvalue weighted by Crippen LogP contribution is 2.22. The zero-order valence-corrected chi connectivity index (χ0v) is 11.5. The third-order valence-corrected chi connectivity index (χ3v) is 3.10. The van der Waals surface area contributed by atoms with Gasteiger partial charge in [-0.05, 0) is 29.8 Å². The fourth-order valence-corrected chi connectivity index (χ4v) is 2.01. The number of nitrogen functional groups attached to an aromatic ring is 1. The van der Waals surface area contributed by atoms with E-state index in [9.17, 15) is 14.9 Å². The van der Waals surface area contributed by atoms with Crippen LogP contribution in [-0.2, 0) is 11.3 Å². The Bertz CT molecular complexity index is 707. The number of non-ortho nitro benzene ring substituents is 1. The standard InChI is InChI=1S/C14H15N3O4/c1-21-9-8-16-13(7-6-12(15)14(16)18)10-2-4-11(5-3-10)17(19)20/h2-7H,8-9,15H2,1H3. The number of nitro benzene ring substituents is 1. The molecule has 2 rings (SSSR count). The summed E-state index contributed by atoms with van der Waals surface area (Å²) in [5.74, 6) is 0. The van der Waals surface area contributed by atoms with Crippen LogP contribution < -0.4 is 11.3 Å². The summed E-state index contributed by atoms with van der Waals surface area (Å²) < 4.78 is 6.49. The molecule has 1 aromatic carbocycles. The number of nitrogens with zero attached hydrogens (tertiary/aromatic N) is 2. The molecule has 0 atom stereocenters. The summed E-state index contributed by atoms with van der Waals surface area (Å²) in [7, 11) is 1.54. The first kappa shape index (κ1) is 14.7. The molecule has 0 saturated carbocycles. The molecule has 1 aromatic heterocycles. The van der Waals surface area contributed by atoms with Crippen LogP contribution >= 0.6 is 0 Å². The van der Waals surface area contributed by atoms with Gasteiger partial charge in [0.25, 0.3) is 11.2 Å². The van der Waals surface area contributed by atoms with Crippen LogP contribution in [0, 0.1) is 10.1 Å². The average Bonchev–Trinajstić information content (AvgIpc) is 2.49. The number of benzene rings is 1. The molecule has 0 saturated heterocycles. The third-order valence-electron chi connectivity index (χ3n) is 3.10. The van der Waals surface area contributed by atoms with Crippen molar-refractivity contribution in [1.29, 1.82) is 0 Å². The second-order valence-corrected chi connectivity index (χ2v) is 4.43. The quantitative estimate of drug-likeness (QED) is 0.666. The highest BCUT2D eigenvalue weighted by atomic mass is 16.6.